The Morgan fingerprint density at radius 3 is 2.76 bits per heavy atom. The van der Waals surface area contributed by atoms with E-state index >= 15 is 0 Å². The molecule has 2 aromatic heterocycles. The molecule has 0 bridgehead atoms. The fourth-order valence-corrected chi connectivity index (χ4v) is 1.80. The molecule has 1 fully saturated rings. The molecule has 1 N–H and O–H groups in total. The first-order valence-electron chi connectivity index (χ1n) is 5.85. The number of rotatable bonds is 4. The molecule has 0 spiro atoms. The summed E-state index contributed by atoms with van der Waals surface area (Å²) in [5.41, 5.74) is 0.882. The zero-order valence-corrected chi connectivity index (χ0v) is 9.99. The van der Waals surface area contributed by atoms with Crippen LogP contribution in [0.3, 0.4) is 0 Å². The first-order chi connectivity index (χ1) is 8.22. The van der Waals surface area contributed by atoms with Gasteiger partial charge in [0.15, 0.2) is 0 Å². The molecule has 2 heterocycles. The summed E-state index contributed by atoms with van der Waals surface area (Å²) in [6.45, 7) is 4.45. The van der Waals surface area contributed by atoms with Gasteiger partial charge < -0.3 is 14.2 Å². The van der Waals surface area contributed by atoms with E-state index in [9.17, 15) is 0 Å². The van der Waals surface area contributed by atoms with E-state index in [2.05, 4.69) is 15.5 Å². The second kappa shape index (κ2) is 4.00. The molecule has 0 atom stereocenters. The molecular weight excluding hydrogens is 218 g/mol. The lowest BCUT2D eigenvalue weighted by Gasteiger charge is -1.95. The molecule has 0 saturated heterocycles. The van der Waals surface area contributed by atoms with Crippen LogP contribution >= 0.6 is 0 Å². The molecule has 2 aromatic rings. The van der Waals surface area contributed by atoms with Gasteiger partial charge in [-0.25, -0.2) is 0 Å². The highest BCUT2D eigenvalue weighted by molar-refractivity contribution is 5.55. The minimum atomic E-state index is 0.534. The van der Waals surface area contributed by atoms with Gasteiger partial charge in [-0.3, -0.25) is 0 Å². The zero-order valence-electron chi connectivity index (χ0n) is 9.99. The Hall–Kier alpha value is -1.62. The van der Waals surface area contributed by atoms with Gasteiger partial charge in [-0.15, -0.1) is 10.2 Å². The molecule has 1 aliphatic rings. The molecule has 1 aliphatic carbocycles. The lowest BCUT2D eigenvalue weighted by atomic mass is 10.2. The van der Waals surface area contributed by atoms with Crippen LogP contribution in [-0.4, -0.2) is 16.2 Å². The number of nitrogens with one attached hydrogen (secondary N) is 1. The maximum atomic E-state index is 5.60. The fourth-order valence-electron chi connectivity index (χ4n) is 1.80. The highest BCUT2D eigenvalue weighted by atomic mass is 16.4. The highest BCUT2D eigenvalue weighted by Crippen LogP contribution is 2.25. The summed E-state index contributed by atoms with van der Waals surface area (Å²) in [6, 6.07) is 2.56. The Bertz CT molecular complexity index is 526. The second-order valence-electron chi connectivity index (χ2n) is 4.48. The van der Waals surface area contributed by atoms with Crippen LogP contribution in [0.1, 0.15) is 30.3 Å². The zero-order chi connectivity index (χ0) is 11.8. The van der Waals surface area contributed by atoms with E-state index in [0.29, 0.717) is 24.4 Å². The van der Waals surface area contributed by atoms with Crippen molar-refractivity contribution in [3.63, 3.8) is 0 Å². The van der Waals surface area contributed by atoms with Crippen LogP contribution in [0.4, 0.5) is 0 Å². The summed E-state index contributed by atoms with van der Waals surface area (Å²) in [5.74, 6) is 2.83. The van der Waals surface area contributed by atoms with Crippen molar-refractivity contribution in [2.75, 3.05) is 0 Å². The third-order valence-corrected chi connectivity index (χ3v) is 2.86. The number of aryl methyl sites for hydroxylation is 2. The summed E-state index contributed by atoms with van der Waals surface area (Å²) < 4.78 is 11.0. The molecule has 17 heavy (non-hydrogen) atoms. The number of furan rings is 1. The smallest absolute Gasteiger partial charge is 0.251 e. The van der Waals surface area contributed by atoms with Gasteiger partial charge in [-0.2, -0.15) is 0 Å². The molecule has 0 amide bonds. The Labute approximate surface area is 99.2 Å². The molecule has 0 aromatic carbocycles. The van der Waals surface area contributed by atoms with Gasteiger partial charge in [0.1, 0.15) is 11.5 Å². The first-order valence-corrected chi connectivity index (χ1v) is 5.85. The molecule has 5 heteroatoms. The van der Waals surface area contributed by atoms with Gasteiger partial charge in [0.05, 0.1) is 12.1 Å². The number of nitrogens with zero attached hydrogens (tertiary/aromatic N) is 2. The van der Waals surface area contributed by atoms with Crippen LogP contribution in [0.15, 0.2) is 14.9 Å². The number of aromatic nitrogens is 2. The van der Waals surface area contributed by atoms with Gasteiger partial charge in [0.25, 0.3) is 5.89 Å². The molecule has 1 saturated carbocycles. The molecule has 0 aliphatic heterocycles. The predicted octanol–water partition coefficient (Wildman–Crippen LogP) is 2.20. The van der Waals surface area contributed by atoms with Crippen LogP contribution in [-0.2, 0) is 6.54 Å². The highest BCUT2D eigenvalue weighted by Gasteiger charge is 2.21. The van der Waals surface area contributed by atoms with E-state index in [0.717, 1.165) is 17.1 Å². The number of hydrogen-bond acceptors (Lipinski definition) is 5. The van der Waals surface area contributed by atoms with Crippen LogP contribution in [0, 0.1) is 13.8 Å². The summed E-state index contributed by atoms with van der Waals surface area (Å²) in [6.07, 6.45) is 2.50. The average molecular weight is 233 g/mol. The van der Waals surface area contributed by atoms with E-state index in [1.165, 1.54) is 12.8 Å². The van der Waals surface area contributed by atoms with Crippen LogP contribution in [0.5, 0.6) is 0 Å². The summed E-state index contributed by atoms with van der Waals surface area (Å²) in [4.78, 5) is 0. The van der Waals surface area contributed by atoms with Crippen molar-refractivity contribution in [1.82, 2.24) is 15.5 Å². The van der Waals surface area contributed by atoms with E-state index in [-0.39, 0.29) is 0 Å². The minimum Gasteiger partial charge on any atom is -0.466 e. The molecule has 0 radical (unpaired) electrons. The predicted molar refractivity (Wildman–Crippen MR) is 61.3 cm³/mol. The van der Waals surface area contributed by atoms with Crippen LogP contribution in [0.25, 0.3) is 11.5 Å². The van der Waals surface area contributed by atoms with Crippen molar-refractivity contribution >= 4 is 0 Å². The summed E-state index contributed by atoms with van der Waals surface area (Å²) >= 11 is 0. The maximum absolute atomic E-state index is 5.60. The SMILES string of the molecule is Cc1cc(-c2nnc(CNC3CC3)o2)c(C)o1. The van der Waals surface area contributed by atoms with Crippen molar-refractivity contribution in [3.05, 3.63) is 23.5 Å². The van der Waals surface area contributed by atoms with E-state index in [4.69, 9.17) is 8.83 Å². The molecule has 5 nitrogen and oxygen atoms in total. The first kappa shape index (κ1) is 10.5. The van der Waals surface area contributed by atoms with Gasteiger partial charge >= 0.3 is 0 Å². The van der Waals surface area contributed by atoms with Gasteiger partial charge in [0.2, 0.25) is 5.89 Å². The van der Waals surface area contributed by atoms with Crippen molar-refractivity contribution in [2.24, 2.45) is 0 Å². The fraction of sp³-hybridized carbons (Fsp3) is 0.500. The Kier molecular flexibility index (Phi) is 2.48. The summed E-state index contributed by atoms with van der Waals surface area (Å²) in [5, 5.41) is 11.4. The van der Waals surface area contributed by atoms with Crippen molar-refractivity contribution in [3.8, 4) is 11.5 Å². The quantitative estimate of drug-likeness (QED) is 0.877. The van der Waals surface area contributed by atoms with Crippen molar-refractivity contribution < 1.29 is 8.83 Å². The largest absolute Gasteiger partial charge is 0.466 e. The molecule has 90 valence electrons. The monoisotopic (exact) mass is 233 g/mol. The Balaban J connectivity index is 1.76. The van der Waals surface area contributed by atoms with Crippen molar-refractivity contribution in [1.29, 1.82) is 0 Å². The second-order valence-corrected chi connectivity index (χ2v) is 4.48. The maximum Gasteiger partial charge on any atom is 0.251 e. The molecule has 3 rings (SSSR count). The van der Waals surface area contributed by atoms with E-state index in [1.54, 1.807) is 0 Å². The minimum absolute atomic E-state index is 0.534. The average Bonchev–Trinajstić information content (AvgIpc) is 2.90. The van der Waals surface area contributed by atoms with Gasteiger partial charge in [-0.05, 0) is 32.8 Å². The normalized spacial score (nSPS) is 15.4. The molecular formula is C12H15N3O2. The molecule has 0 unspecified atom stereocenters. The van der Waals surface area contributed by atoms with Gasteiger partial charge in [-0.1, -0.05) is 0 Å². The topological polar surface area (TPSA) is 64.1 Å². The van der Waals surface area contributed by atoms with Crippen LogP contribution in [0.2, 0.25) is 0 Å². The lowest BCUT2D eigenvalue weighted by molar-refractivity contribution is 0.473. The lowest BCUT2D eigenvalue weighted by Crippen LogP contribution is -2.15. The van der Waals surface area contributed by atoms with Gasteiger partial charge in [0, 0.05) is 6.04 Å². The third kappa shape index (κ3) is 2.24. The standard InChI is InChI=1S/C12H15N3O2/c1-7-5-10(8(2)16-7)12-15-14-11(17-12)6-13-9-3-4-9/h5,9,13H,3-4,6H2,1-2H3. The summed E-state index contributed by atoms with van der Waals surface area (Å²) in [7, 11) is 0. The number of hydrogen-bond donors (Lipinski definition) is 1. The van der Waals surface area contributed by atoms with E-state index in [1.807, 2.05) is 19.9 Å². The Morgan fingerprint density at radius 2 is 2.12 bits per heavy atom. The Morgan fingerprint density at radius 1 is 1.29 bits per heavy atom. The van der Waals surface area contributed by atoms with Crippen molar-refractivity contribution in [2.45, 2.75) is 39.3 Å². The van der Waals surface area contributed by atoms with E-state index < -0.39 is 0 Å². The third-order valence-electron chi connectivity index (χ3n) is 2.86. The van der Waals surface area contributed by atoms with Crippen LogP contribution < -0.4 is 5.32 Å².